The van der Waals surface area contributed by atoms with Crippen molar-refractivity contribution in [2.45, 2.75) is 30.7 Å². The Hall–Kier alpha value is -1.12. The van der Waals surface area contributed by atoms with E-state index in [1.165, 1.54) is 28.2 Å². The molecule has 2 heterocycles. The van der Waals surface area contributed by atoms with Gasteiger partial charge in [0, 0.05) is 18.8 Å². The molecule has 1 aromatic rings. The summed E-state index contributed by atoms with van der Waals surface area (Å²) in [5, 5.41) is 0. The van der Waals surface area contributed by atoms with Crippen LogP contribution in [-0.4, -0.2) is 54.3 Å². The number of hydrogen-bond acceptors (Lipinski definition) is 4. The molecule has 0 radical (unpaired) electrons. The van der Waals surface area contributed by atoms with Crippen LogP contribution in [0.5, 0.6) is 0 Å². The van der Waals surface area contributed by atoms with Crippen LogP contribution in [0.1, 0.15) is 18.4 Å². The van der Waals surface area contributed by atoms with Crippen molar-refractivity contribution in [3.63, 3.8) is 0 Å². The average Bonchev–Trinajstić information content (AvgIpc) is 3.20. The quantitative estimate of drug-likeness (QED) is 0.827. The van der Waals surface area contributed by atoms with Gasteiger partial charge in [-0.2, -0.15) is 4.31 Å². The highest BCUT2D eigenvalue weighted by molar-refractivity contribution is 8.00. The van der Waals surface area contributed by atoms with Gasteiger partial charge in [-0.25, -0.2) is 12.8 Å². The van der Waals surface area contributed by atoms with Crippen molar-refractivity contribution in [2.24, 2.45) is 0 Å². The van der Waals surface area contributed by atoms with Gasteiger partial charge in [0.25, 0.3) is 0 Å². The minimum absolute atomic E-state index is 0.0563. The lowest BCUT2D eigenvalue weighted by Crippen LogP contribution is -2.48. The van der Waals surface area contributed by atoms with Crippen molar-refractivity contribution in [1.29, 1.82) is 0 Å². The summed E-state index contributed by atoms with van der Waals surface area (Å²) in [6.07, 6.45) is 1.92. The van der Waals surface area contributed by atoms with Crippen LogP contribution < -0.4 is 0 Å². The summed E-state index contributed by atoms with van der Waals surface area (Å²) in [4.78, 5) is 14.3. The smallest absolute Gasteiger partial charge is 0.244 e. The zero-order chi connectivity index (χ0) is 16.6. The number of halogens is 1. The first-order valence-corrected chi connectivity index (χ1v) is 10.2. The minimum atomic E-state index is -3.89. The second-order valence-electron chi connectivity index (χ2n) is 5.85. The average molecular weight is 358 g/mol. The van der Waals surface area contributed by atoms with Crippen LogP contribution in [0.15, 0.2) is 23.1 Å². The molecule has 2 aliphatic heterocycles. The van der Waals surface area contributed by atoms with E-state index < -0.39 is 21.9 Å². The lowest BCUT2D eigenvalue weighted by Gasteiger charge is -2.27. The molecular formula is C15H19FN2O3S2. The fraction of sp³-hybridized carbons (Fsp3) is 0.533. The Morgan fingerprint density at radius 3 is 2.70 bits per heavy atom. The number of amides is 1. The highest BCUT2D eigenvalue weighted by Crippen LogP contribution is 2.31. The number of aryl methyl sites for hydroxylation is 1. The maximum Gasteiger partial charge on any atom is 0.244 e. The summed E-state index contributed by atoms with van der Waals surface area (Å²) in [6.45, 7) is 3.01. The van der Waals surface area contributed by atoms with E-state index in [0.29, 0.717) is 24.4 Å². The lowest BCUT2D eigenvalue weighted by atomic mass is 10.2. The van der Waals surface area contributed by atoms with Crippen LogP contribution in [0.3, 0.4) is 0 Å². The number of sulfonamides is 1. The first-order chi connectivity index (χ1) is 10.9. The van der Waals surface area contributed by atoms with Gasteiger partial charge in [0.05, 0.1) is 10.8 Å². The molecule has 2 fully saturated rings. The third-order valence-corrected chi connectivity index (χ3v) is 7.45. The Morgan fingerprint density at radius 1 is 1.30 bits per heavy atom. The van der Waals surface area contributed by atoms with Gasteiger partial charge in [-0.1, -0.05) is 6.07 Å². The normalized spacial score (nSPS) is 22.7. The molecule has 0 aromatic heterocycles. The van der Waals surface area contributed by atoms with Gasteiger partial charge in [0.15, 0.2) is 0 Å². The molecule has 1 aromatic carbocycles. The fourth-order valence-electron chi connectivity index (χ4n) is 2.99. The van der Waals surface area contributed by atoms with E-state index in [1.807, 2.05) is 0 Å². The van der Waals surface area contributed by atoms with Crippen LogP contribution in [-0.2, 0) is 14.8 Å². The van der Waals surface area contributed by atoms with Crippen molar-refractivity contribution in [2.75, 3.05) is 24.7 Å². The Balaban J connectivity index is 1.92. The zero-order valence-corrected chi connectivity index (χ0v) is 14.5. The Labute approximate surface area is 139 Å². The Morgan fingerprint density at radius 2 is 2.00 bits per heavy atom. The molecule has 0 spiro atoms. The molecule has 0 bridgehead atoms. The van der Waals surface area contributed by atoms with Gasteiger partial charge in [0.2, 0.25) is 15.9 Å². The van der Waals surface area contributed by atoms with Gasteiger partial charge in [-0.05, 0) is 37.5 Å². The molecule has 1 atom stereocenters. The molecule has 2 saturated heterocycles. The Bertz CT molecular complexity index is 717. The standard InChI is InChI=1S/C15H19FN2O3S2/c1-11-4-5-12(16)8-14(11)23(20,21)18-10-22-9-13(18)15(19)17-6-2-3-7-17/h4-5,8,13H,2-3,6-7,9-10H2,1H3/t13-/m0/s1. The van der Waals surface area contributed by atoms with E-state index in [1.54, 1.807) is 11.8 Å². The van der Waals surface area contributed by atoms with Crippen molar-refractivity contribution < 1.29 is 17.6 Å². The zero-order valence-electron chi connectivity index (χ0n) is 12.9. The summed E-state index contributed by atoms with van der Waals surface area (Å²) in [5.41, 5.74) is 0.482. The predicted molar refractivity (Wildman–Crippen MR) is 87.1 cm³/mol. The van der Waals surface area contributed by atoms with Gasteiger partial charge in [-0.15, -0.1) is 11.8 Å². The van der Waals surface area contributed by atoms with E-state index in [0.717, 1.165) is 18.9 Å². The summed E-state index contributed by atoms with van der Waals surface area (Å²) < 4.78 is 40.5. The number of carbonyl (C=O) groups excluding carboxylic acids is 1. The SMILES string of the molecule is Cc1ccc(F)cc1S(=O)(=O)N1CSC[C@H]1C(=O)N1CCCC1. The van der Waals surface area contributed by atoms with Gasteiger partial charge in [-0.3, -0.25) is 4.79 Å². The van der Waals surface area contributed by atoms with Gasteiger partial charge >= 0.3 is 0 Å². The molecule has 0 unspecified atom stereocenters. The molecule has 126 valence electrons. The molecule has 0 saturated carbocycles. The third kappa shape index (κ3) is 3.12. The van der Waals surface area contributed by atoms with Crippen LogP contribution >= 0.6 is 11.8 Å². The second kappa shape index (κ2) is 6.41. The van der Waals surface area contributed by atoms with Gasteiger partial charge in [0.1, 0.15) is 11.9 Å². The first kappa shape index (κ1) is 16.7. The van der Waals surface area contributed by atoms with Crippen molar-refractivity contribution in [1.82, 2.24) is 9.21 Å². The predicted octanol–water partition coefficient (Wildman–Crippen LogP) is 1.82. The highest BCUT2D eigenvalue weighted by atomic mass is 32.2. The van der Waals surface area contributed by atoms with Gasteiger partial charge < -0.3 is 4.90 Å². The monoisotopic (exact) mass is 358 g/mol. The number of nitrogens with zero attached hydrogens (tertiary/aromatic N) is 2. The van der Waals surface area contributed by atoms with E-state index in [-0.39, 0.29) is 16.7 Å². The van der Waals surface area contributed by atoms with E-state index in [4.69, 9.17) is 0 Å². The maximum atomic E-state index is 13.5. The lowest BCUT2D eigenvalue weighted by molar-refractivity contribution is -0.133. The van der Waals surface area contributed by atoms with Crippen LogP contribution in [0.2, 0.25) is 0 Å². The van der Waals surface area contributed by atoms with Crippen LogP contribution in [0, 0.1) is 12.7 Å². The number of carbonyl (C=O) groups is 1. The molecule has 8 heteroatoms. The summed E-state index contributed by atoms with van der Waals surface area (Å²) >= 11 is 1.41. The van der Waals surface area contributed by atoms with E-state index >= 15 is 0 Å². The minimum Gasteiger partial charge on any atom is -0.341 e. The third-order valence-electron chi connectivity index (χ3n) is 4.28. The van der Waals surface area contributed by atoms with E-state index in [9.17, 15) is 17.6 Å². The largest absolute Gasteiger partial charge is 0.341 e. The first-order valence-electron chi connectivity index (χ1n) is 7.56. The van der Waals surface area contributed by atoms with Crippen molar-refractivity contribution >= 4 is 27.7 Å². The van der Waals surface area contributed by atoms with E-state index in [2.05, 4.69) is 0 Å². The molecule has 1 amide bonds. The van der Waals surface area contributed by atoms with Crippen molar-refractivity contribution in [3.8, 4) is 0 Å². The van der Waals surface area contributed by atoms with Crippen LogP contribution in [0.25, 0.3) is 0 Å². The van der Waals surface area contributed by atoms with Crippen molar-refractivity contribution in [3.05, 3.63) is 29.6 Å². The molecule has 2 aliphatic rings. The summed E-state index contributed by atoms with van der Waals surface area (Å²) in [5.74, 6) is -0.0561. The molecule has 23 heavy (non-hydrogen) atoms. The second-order valence-corrected chi connectivity index (χ2v) is 8.71. The summed E-state index contributed by atoms with van der Waals surface area (Å²) in [7, 11) is -3.89. The number of benzene rings is 1. The number of thioether (sulfide) groups is 1. The van der Waals surface area contributed by atoms with Crippen LogP contribution in [0.4, 0.5) is 4.39 Å². The Kier molecular flexibility index (Phi) is 4.66. The number of likely N-dealkylation sites (tertiary alicyclic amines) is 1. The topological polar surface area (TPSA) is 57.7 Å². The fourth-order valence-corrected chi connectivity index (χ4v) is 6.36. The molecule has 0 N–H and O–H groups in total. The molecular weight excluding hydrogens is 339 g/mol. The molecule has 3 rings (SSSR count). The number of hydrogen-bond donors (Lipinski definition) is 0. The molecule has 5 nitrogen and oxygen atoms in total. The molecule has 0 aliphatic carbocycles. The highest BCUT2D eigenvalue weighted by Gasteiger charge is 2.42. The summed E-state index contributed by atoms with van der Waals surface area (Å²) in [6, 6.07) is 3.03. The maximum absolute atomic E-state index is 13.5. The number of rotatable bonds is 3.